The first-order valence-corrected chi connectivity index (χ1v) is 6.99. The number of aryl methyl sites for hydroxylation is 3. The van der Waals surface area contributed by atoms with E-state index in [0.29, 0.717) is 5.56 Å². The van der Waals surface area contributed by atoms with Gasteiger partial charge in [0.15, 0.2) is 0 Å². The molecular weight excluding hydrogens is 262 g/mol. The minimum absolute atomic E-state index is 0.338. The number of carboxylic acid groups (broad SMARTS) is 1. The molecule has 3 heteroatoms. The summed E-state index contributed by atoms with van der Waals surface area (Å²) in [6.45, 7) is 6.90. The van der Waals surface area contributed by atoms with Crippen LogP contribution in [0.4, 0.5) is 5.69 Å². The molecule has 0 aromatic heterocycles. The number of aromatic carboxylic acids is 1. The van der Waals surface area contributed by atoms with Crippen molar-refractivity contribution < 1.29 is 9.90 Å². The van der Waals surface area contributed by atoms with Crippen LogP contribution >= 0.6 is 0 Å². The van der Waals surface area contributed by atoms with Gasteiger partial charge >= 0.3 is 5.97 Å². The Balaban J connectivity index is 2.23. The summed E-state index contributed by atoms with van der Waals surface area (Å²) in [7, 11) is 2.05. The third-order valence-electron chi connectivity index (χ3n) is 3.64. The van der Waals surface area contributed by atoms with Gasteiger partial charge in [0.1, 0.15) is 0 Å². The van der Waals surface area contributed by atoms with E-state index in [-0.39, 0.29) is 0 Å². The summed E-state index contributed by atoms with van der Waals surface area (Å²) in [4.78, 5) is 13.2. The molecule has 1 N–H and O–H groups in total. The summed E-state index contributed by atoms with van der Waals surface area (Å²) in [6.07, 6.45) is 0. The number of anilines is 1. The standard InChI is InChI=1S/C18H21NO2/c1-12-7-13(2)9-17(8-12)19(4)11-16-6-5-15(18(20)21)10-14(16)3/h5-10H,11H2,1-4H3,(H,20,21). The van der Waals surface area contributed by atoms with Crippen molar-refractivity contribution >= 4 is 11.7 Å². The third-order valence-corrected chi connectivity index (χ3v) is 3.64. The topological polar surface area (TPSA) is 40.5 Å². The van der Waals surface area contributed by atoms with Crippen molar-refractivity contribution in [2.75, 3.05) is 11.9 Å². The van der Waals surface area contributed by atoms with E-state index < -0.39 is 5.97 Å². The van der Waals surface area contributed by atoms with Gasteiger partial charge < -0.3 is 10.0 Å². The zero-order valence-corrected chi connectivity index (χ0v) is 13.0. The van der Waals surface area contributed by atoms with Crippen LogP contribution in [-0.2, 0) is 6.54 Å². The first-order valence-electron chi connectivity index (χ1n) is 6.99. The Kier molecular flexibility index (Phi) is 4.32. The van der Waals surface area contributed by atoms with Crippen molar-refractivity contribution in [2.45, 2.75) is 27.3 Å². The average molecular weight is 283 g/mol. The zero-order chi connectivity index (χ0) is 15.6. The highest BCUT2D eigenvalue weighted by molar-refractivity contribution is 5.87. The minimum atomic E-state index is -0.882. The van der Waals surface area contributed by atoms with Crippen LogP contribution < -0.4 is 4.90 Å². The van der Waals surface area contributed by atoms with Crippen molar-refractivity contribution in [3.8, 4) is 0 Å². The highest BCUT2D eigenvalue weighted by Gasteiger charge is 2.09. The van der Waals surface area contributed by atoms with Crippen LogP contribution in [0.15, 0.2) is 36.4 Å². The largest absolute Gasteiger partial charge is 0.478 e. The van der Waals surface area contributed by atoms with Gasteiger partial charge in [-0.25, -0.2) is 4.79 Å². The van der Waals surface area contributed by atoms with Gasteiger partial charge in [-0.2, -0.15) is 0 Å². The fourth-order valence-corrected chi connectivity index (χ4v) is 2.52. The summed E-state index contributed by atoms with van der Waals surface area (Å²) in [6, 6.07) is 11.8. The first-order chi connectivity index (χ1) is 9.86. The molecule has 0 saturated heterocycles. The second-order valence-corrected chi connectivity index (χ2v) is 5.65. The Hall–Kier alpha value is -2.29. The van der Waals surface area contributed by atoms with Gasteiger partial charge in [-0.3, -0.25) is 0 Å². The molecule has 0 heterocycles. The molecule has 2 aromatic carbocycles. The van der Waals surface area contributed by atoms with Gasteiger partial charge in [0.2, 0.25) is 0 Å². The average Bonchev–Trinajstić information content (AvgIpc) is 2.39. The van der Waals surface area contributed by atoms with E-state index >= 15 is 0 Å². The van der Waals surface area contributed by atoms with Crippen LogP contribution in [0, 0.1) is 20.8 Å². The van der Waals surface area contributed by atoms with Crippen molar-refractivity contribution in [3.63, 3.8) is 0 Å². The third kappa shape index (κ3) is 3.63. The number of carbonyl (C=O) groups is 1. The monoisotopic (exact) mass is 283 g/mol. The normalized spacial score (nSPS) is 10.5. The Bertz CT molecular complexity index is 657. The fourth-order valence-electron chi connectivity index (χ4n) is 2.52. The lowest BCUT2D eigenvalue weighted by Crippen LogP contribution is -2.17. The molecule has 2 rings (SSSR count). The number of rotatable bonds is 4. The van der Waals surface area contributed by atoms with Crippen LogP contribution in [0.25, 0.3) is 0 Å². The van der Waals surface area contributed by atoms with E-state index in [2.05, 4.69) is 44.0 Å². The number of hydrogen-bond donors (Lipinski definition) is 1. The number of nitrogens with zero attached hydrogens (tertiary/aromatic N) is 1. The molecule has 0 aliphatic carbocycles. The summed E-state index contributed by atoms with van der Waals surface area (Å²) >= 11 is 0. The second-order valence-electron chi connectivity index (χ2n) is 5.65. The number of hydrogen-bond acceptors (Lipinski definition) is 2. The molecule has 2 aromatic rings. The molecule has 0 radical (unpaired) electrons. The molecule has 0 saturated carbocycles. The maximum absolute atomic E-state index is 11.0. The molecule has 21 heavy (non-hydrogen) atoms. The van der Waals surface area contributed by atoms with Crippen molar-refractivity contribution in [3.05, 3.63) is 64.2 Å². The molecule has 0 spiro atoms. The van der Waals surface area contributed by atoms with Gasteiger partial charge in [-0.1, -0.05) is 12.1 Å². The van der Waals surface area contributed by atoms with E-state index in [4.69, 9.17) is 5.11 Å². The van der Waals surface area contributed by atoms with Crippen LogP contribution in [0.2, 0.25) is 0 Å². The summed E-state index contributed by atoms with van der Waals surface area (Å²) in [5.74, 6) is -0.882. The van der Waals surface area contributed by atoms with Crippen molar-refractivity contribution in [1.29, 1.82) is 0 Å². The fraction of sp³-hybridized carbons (Fsp3) is 0.278. The Labute approximate surface area is 125 Å². The van der Waals surface area contributed by atoms with Crippen LogP contribution in [0.5, 0.6) is 0 Å². The predicted molar refractivity (Wildman–Crippen MR) is 86.2 cm³/mol. The Morgan fingerprint density at radius 3 is 2.19 bits per heavy atom. The lowest BCUT2D eigenvalue weighted by Gasteiger charge is -2.22. The van der Waals surface area contributed by atoms with Gasteiger partial charge in [0, 0.05) is 19.3 Å². The zero-order valence-electron chi connectivity index (χ0n) is 13.0. The lowest BCUT2D eigenvalue weighted by molar-refractivity contribution is 0.0697. The highest BCUT2D eigenvalue weighted by atomic mass is 16.4. The molecule has 3 nitrogen and oxygen atoms in total. The van der Waals surface area contributed by atoms with Crippen LogP contribution in [0.1, 0.15) is 32.6 Å². The maximum atomic E-state index is 11.0. The first kappa shape index (κ1) is 15.1. The predicted octanol–water partition coefficient (Wildman–Crippen LogP) is 3.95. The van der Waals surface area contributed by atoms with E-state index in [1.165, 1.54) is 16.8 Å². The van der Waals surface area contributed by atoms with E-state index in [9.17, 15) is 4.79 Å². The molecule has 0 amide bonds. The van der Waals surface area contributed by atoms with Gasteiger partial charge in [-0.15, -0.1) is 0 Å². The lowest BCUT2D eigenvalue weighted by atomic mass is 10.0. The second kappa shape index (κ2) is 6.00. The number of carboxylic acids is 1. The maximum Gasteiger partial charge on any atom is 0.335 e. The number of benzene rings is 2. The molecule has 0 aliphatic rings. The van der Waals surface area contributed by atoms with Crippen molar-refractivity contribution in [2.24, 2.45) is 0 Å². The van der Waals surface area contributed by atoms with E-state index in [0.717, 1.165) is 17.7 Å². The van der Waals surface area contributed by atoms with Crippen LogP contribution in [-0.4, -0.2) is 18.1 Å². The van der Waals surface area contributed by atoms with Crippen LogP contribution in [0.3, 0.4) is 0 Å². The van der Waals surface area contributed by atoms with Gasteiger partial charge in [0.25, 0.3) is 0 Å². The summed E-state index contributed by atoms with van der Waals surface area (Å²) in [5, 5.41) is 9.01. The molecule has 0 fully saturated rings. The van der Waals surface area contributed by atoms with E-state index in [1.54, 1.807) is 12.1 Å². The molecule has 0 unspecified atom stereocenters. The van der Waals surface area contributed by atoms with E-state index in [1.807, 2.05) is 13.0 Å². The Morgan fingerprint density at radius 2 is 1.67 bits per heavy atom. The molecular formula is C18H21NO2. The van der Waals surface area contributed by atoms with Gasteiger partial charge in [0.05, 0.1) is 5.56 Å². The minimum Gasteiger partial charge on any atom is -0.478 e. The van der Waals surface area contributed by atoms with Crippen molar-refractivity contribution in [1.82, 2.24) is 0 Å². The molecule has 0 aliphatic heterocycles. The summed E-state index contributed by atoms with van der Waals surface area (Å²) < 4.78 is 0. The molecule has 0 atom stereocenters. The SMILES string of the molecule is Cc1cc(C)cc(N(C)Cc2ccc(C(=O)O)cc2C)c1. The quantitative estimate of drug-likeness (QED) is 0.923. The smallest absolute Gasteiger partial charge is 0.335 e. The van der Waals surface area contributed by atoms with Gasteiger partial charge in [-0.05, 0) is 67.3 Å². The molecule has 0 bridgehead atoms. The Morgan fingerprint density at radius 1 is 1.05 bits per heavy atom. The molecule has 110 valence electrons. The summed E-state index contributed by atoms with van der Waals surface area (Å²) in [5.41, 5.74) is 6.15. The highest BCUT2D eigenvalue weighted by Crippen LogP contribution is 2.21.